The first kappa shape index (κ1) is 20.8. The maximum atomic E-state index is 13.3. The summed E-state index contributed by atoms with van der Waals surface area (Å²) in [5, 5.41) is 16.7. The average molecular weight is 452 g/mol. The van der Waals surface area contributed by atoms with E-state index in [0.29, 0.717) is 11.5 Å². The van der Waals surface area contributed by atoms with Crippen LogP contribution in [0.25, 0.3) is 16.4 Å². The molecule has 32 heavy (non-hydrogen) atoms. The molecule has 4 rings (SSSR count). The van der Waals surface area contributed by atoms with E-state index in [9.17, 15) is 24.1 Å². The van der Waals surface area contributed by atoms with E-state index in [1.54, 1.807) is 6.07 Å². The molecule has 0 aliphatic carbocycles. The fourth-order valence-corrected chi connectivity index (χ4v) is 3.41. The molecule has 160 valence electrons. The predicted molar refractivity (Wildman–Crippen MR) is 113 cm³/mol. The monoisotopic (exact) mass is 452 g/mol. The Balaban J connectivity index is 1.53. The van der Waals surface area contributed by atoms with Crippen LogP contribution in [-0.2, 0) is 0 Å². The molecular formula is C20H13FN6O4S. The molecule has 0 unspecified atom stereocenters. The number of amides is 2. The second kappa shape index (κ2) is 8.73. The van der Waals surface area contributed by atoms with Gasteiger partial charge in [0.05, 0.1) is 15.5 Å². The van der Waals surface area contributed by atoms with E-state index in [4.69, 9.17) is 0 Å². The molecule has 0 bridgehead atoms. The van der Waals surface area contributed by atoms with Crippen LogP contribution in [0.5, 0.6) is 0 Å². The van der Waals surface area contributed by atoms with Crippen molar-refractivity contribution in [2.75, 3.05) is 0 Å². The number of carbonyl (C=O) groups excluding carboxylic acids is 2. The van der Waals surface area contributed by atoms with Crippen molar-refractivity contribution in [3.05, 3.63) is 93.4 Å². The molecule has 0 saturated carbocycles. The number of nitro groups is 1. The number of hydrazine groups is 1. The van der Waals surface area contributed by atoms with Gasteiger partial charge < -0.3 is 0 Å². The van der Waals surface area contributed by atoms with Crippen molar-refractivity contribution < 1.29 is 18.9 Å². The molecular weight excluding hydrogens is 439 g/mol. The second-order valence-electron chi connectivity index (χ2n) is 6.34. The van der Waals surface area contributed by atoms with E-state index in [2.05, 4.69) is 20.9 Å². The van der Waals surface area contributed by atoms with Crippen molar-refractivity contribution in [2.24, 2.45) is 0 Å². The molecule has 0 saturated heterocycles. The lowest BCUT2D eigenvalue weighted by atomic mass is 10.2. The fraction of sp³-hybridized carbons (Fsp3) is 0. The van der Waals surface area contributed by atoms with E-state index < -0.39 is 22.6 Å². The minimum absolute atomic E-state index is 0.111. The summed E-state index contributed by atoms with van der Waals surface area (Å²) in [5.41, 5.74) is 4.87. The number of carbonyl (C=O) groups is 2. The van der Waals surface area contributed by atoms with E-state index in [-0.39, 0.29) is 17.1 Å². The van der Waals surface area contributed by atoms with Gasteiger partial charge in [-0.2, -0.15) is 0 Å². The van der Waals surface area contributed by atoms with Crippen LogP contribution in [0.2, 0.25) is 0 Å². The van der Waals surface area contributed by atoms with Gasteiger partial charge in [0, 0.05) is 17.7 Å². The van der Waals surface area contributed by atoms with Gasteiger partial charge in [0.25, 0.3) is 11.6 Å². The van der Waals surface area contributed by atoms with Crippen LogP contribution in [0.3, 0.4) is 0 Å². The van der Waals surface area contributed by atoms with Crippen molar-refractivity contribution in [3.63, 3.8) is 0 Å². The number of hydrogen-bond donors (Lipinski definition) is 2. The lowest BCUT2D eigenvalue weighted by Crippen LogP contribution is -2.42. The quantitative estimate of drug-likeness (QED) is 0.353. The molecule has 0 aliphatic heterocycles. The van der Waals surface area contributed by atoms with Crippen LogP contribution in [-0.4, -0.2) is 31.5 Å². The van der Waals surface area contributed by atoms with Gasteiger partial charge in [0.15, 0.2) is 5.82 Å². The third-order valence-electron chi connectivity index (χ3n) is 4.25. The molecule has 2 aromatic heterocycles. The van der Waals surface area contributed by atoms with Crippen molar-refractivity contribution in [2.45, 2.75) is 0 Å². The number of nitro benzene ring substituents is 1. The minimum Gasteiger partial charge on any atom is -0.267 e. The van der Waals surface area contributed by atoms with Gasteiger partial charge >= 0.3 is 5.91 Å². The molecule has 0 aliphatic rings. The van der Waals surface area contributed by atoms with Crippen LogP contribution >= 0.6 is 11.3 Å². The first-order valence-corrected chi connectivity index (χ1v) is 9.92. The summed E-state index contributed by atoms with van der Waals surface area (Å²) in [7, 11) is 0. The van der Waals surface area contributed by atoms with Gasteiger partial charge in [0.1, 0.15) is 5.82 Å². The number of nitrogens with one attached hydrogen (secondary N) is 2. The van der Waals surface area contributed by atoms with Crippen LogP contribution < -0.4 is 10.9 Å². The highest BCUT2D eigenvalue weighted by atomic mass is 32.1. The first-order valence-electron chi connectivity index (χ1n) is 9.04. The second-order valence-corrected chi connectivity index (χ2v) is 7.28. The Morgan fingerprint density at radius 3 is 2.31 bits per heavy atom. The highest BCUT2D eigenvalue weighted by Gasteiger charge is 2.20. The topological polar surface area (TPSA) is 132 Å². The van der Waals surface area contributed by atoms with Crippen LogP contribution in [0.1, 0.15) is 21.0 Å². The number of benzene rings is 2. The molecule has 12 heteroatoms. The molecule has 0 spiro atoms. The summed E-state index contributed by atoms with van der Waals surface area (Å²) in [5.74, 6) is -1.72. The molecule has 4 aromatic rings. The van der Waals surface area contributed by atoms with Gasteiger partial charge in [-0.15, -0.1) is 16.4 Å². The number of non-ortho nitro benzene ring substituents is 1. The molecule has 10 nitrogen and oxygen atoms in total. The summed E-state index contributed by atoms with van der Waals surface area (Å²) >= 11 is 1.38. The number of halogens is 1. The Morgan fingerprint density at radius 2 is 1.69 bits per heavy atom. The smallest absolute Gasteiger partial charge is 0.267 e. The number of aromatic nitrogens is 3. The van der Waals surface area contributed by atoms with E-state index in [1.165, 1.54) is 64.5 Å². The Hall–Kier alpha value is -4.45. The molecule has 2 aromatic carbocycles. The third-order valence-corrected chi connectivity index (χ3v) is 5.12. The standard InChI is InChI=1S/C20H13FN6O4S/c21-13-5-9-14(10-6-13)26-18(16-2-1-11-32-16)22-17(25-26)20(29)24-23-19(28)12-3-7-15(8-4-12)27(30)31/h1-11H,(H,23,28)(H,24,29). The largest absolute Gasteiger partial charge is 0.309 e. The lowest BCUT2D eigenvalue weighted by Gasteiger charge is -2.05. The molecule has 0 atom stereocenters. The van der Waals surface area contributed by atoms with E-state index in [1.807, 2.05) is 11.4 Å². The Labute approximate surface area is 183 Å². The number of nitrogens with zero attached hydrogens (tertiary/aromatic N) is 4. The molecule has 2 heterocycles. The van der Waals surface area contributed by atoms with Crippen LogP contribution in [0, 0.1) is 15.9 Å². The van der Waals surface area contributed by atoms with Crippen LogP contribution in [0.15, 0.2) is 66.0 Å². The lowest BCUT2D eigenvalue weighted by molar-refractivity contribution is -0.384. The third kappa shape index (κ3) is 4.34. The summed E-state index contributed by atoms with van der Waals surface area (Å²) in [4.78, 5) is 39.8. The van der Waals surface area contributed by atoms with Crippen LogP contribution in [0.4, 0.5) is 10.1 Å². The number of rotatable bonds is 5. The zero-order valence-corrected chi connectivity index (χ0v) is 16.9. The van der Waals surface area contributed by atoms with E-state index >= 15 is 0 Å². The molecule has 2 N–H and O–H groups in total. The normalized spacial score (nSPS) is 10.5. The molecule has 2 amide bonds. The highest BCUT2D eigenvalue weighted by Crippen LogP contribution is 2.25. The zero-order chi connectivity index (χ0) is 22.7. The van der Waals surface area contributed by atoms with Gasteiger partial charge in [-0.25, -0.2) is 14.1 Å². The van der Waals surface area contributed by atoms with Crippen molar-refractivity contribution in [1.82, 2.24) is 25.6 Å². The van der Waals surface area contributed by atoms with Gasteiger partial charge in [-0.1, -0.05) is 6.07 Å². The zero-order valence-electron chi connectivity index (χ0n) is 16.1. The van der Waals surface area contributed by atoms with Crippen molar-refractivity contribution in [1.29, 1.82) is 0 Å². The summed E-state index contributed by atoms with van der Waals surface area (Å²) in [6.07, 6.45) is 0. The number of thiophene rings is 1. The fourth-order valence-electron chi connectivity index (χ4n) is 2.71. The van der Waals surface area contributed by atoms with Crippen molar-refractivity contribution >= 4 is 28.8 Å². The van der Waals surface area contributed by atoms with Gasteiger partial charge in [-0.05, 0) is 47.8 Å². The molecule has 0 radical (unpaired) electrons. The number of hydrogen-bond acceptors (Lipinski definition) is 7. The average Bonchev–Trinajstić information content (AvgIpc) is 3.48. The SMILES string of the molecule is O=C(NNC(=O)c1nc(-c2cccs2)n(-c2ccc(F)cc2)n1)c1ccc([N+](=O)[O-])cc1. The van der Waals surface area contributed by atoms with Crippen molar-refractivity contribution in [3.8, 4) is 16.4 Å². The predicted octanol–water partition coefficient (Wildman–Crippen LogP) is 3.12. The highest BCUT2D eigenvalue weighted by molar-refractivity contribution is 7.13. The molecule has 0 fully saturated rings. The minimum atomic E-state index is -0.779. The van der Waals surface area contributed by atoms with Gasteiger partial charge in [0.2, 0.25) is 5.82 Å². The summed E-state index contributed by atoms with van der Waals surface area (Å²) in [6.45, 7) is 0. The summed E-state index contributed by atoms with van der Waals surface area (Å²) in [6, 6.07) is 14.0. The maximum Gasteiger partial charge on any atom is 0.309 e. The Kier molecular flexibility index (Phi) is 5.68. The van der Waals surface area contributed by atoms with E-state index in [0.717, 1.165) is 4.88 Å². The maximum absolute atomic E-state index is 13.3. The first-order chi connectivity index (χ1) is 15.4. The summed E-state index contributed by atoms with van der Waals surface area (Å²) < 4.78 is 14.7. The Morgan fingerprint density at radius 1 is 1.00 bits per heavy atom. The Bertz CT molecular complexity index is 1290. The van der Waals surface area contributed by atoms with Gasteiger partial charge in [-0.3, -0.25) is 30.6 Å².